The van der Waals surface area contributed by atoms with Gasteiger partial charge in [0.2, 0.25) is 0 Å². The summed E-state index contributed by atoms with van der Waals surface area (Å²) in [5.74, 6) is 0.469. The average Bonchev–Trinajstić information content (AvgIpc) is 3.25. The molecule has 1 atom stereocenters. The highest BCUT2D eigenvalue weighted by Gasteiger charge is 2.29. The van der Waals surface area contributed by atoms with Gasteiger partial charge in [-0.15, -0.1) is 0 Å². The molecule has 2 heterocycles. The number of rotatable bonds is 6. The number of carbonyl (C=O) groups excluding carboxylic acids is 1. The van der Waals surface area contributed by atoms with E-state index in [1.807, 2.05) is 6.07 Å². The Bertz CT molecular complexity index is 691. The largest absolute Gasteiger partial charge is 0.384 e. The van der Waals surface area contributed by atoms with Gasteiger partial charge in [0.25, 0.3) is 5.91 Å². The molecule has 2 aliphatic rings. The number of anilines is 1. The van der Waals surface area contributed by atoms with E-state index in [0.29, 0.717) is 11.7 Å². The number of hydrogen-bond acceptors (Lipinski definition) is 5. The van der Waals surface area contributed by atoms with Crippen molar-refractivity contribution in [1.82, 2.24) is 4.90 Å². The van der Waals surface area contributed by atoms with Gasteiger partial charge in [0, 0.05) is 18.2 Å². The molecule has 1 aromatic rings. The van der Waals surface area contributed by atoms with Crippen LogP contribution in [0.25, 0.3) is 0 Å². The first kappa shape index (κ1) is 17.5. The first-order valence-corrected chi connectivity index (χ1v) is 8.95. The highest BCUT2D eigenvalue weighted by atomic mass is 16.1. The summed E-state index contributed by atoms with van der Waals surface area (Å²) in [7, 11) is 0. The third-order valence-corrected chi connectivity index (χ3v) is 5.12. The third-order valence-electron chi connectivity index (χ3n) is 5.12. The molecule has 25 heavy (non-hydrogen) atoms. The number of amides is 1. The zero-order chi connectivity index (χ0) is 17.8. The summed E-state index contributed by atoms with van der Waals surface area (Å²) in [6.07, 6.45) is 5.30. The Kier molecular flexibility index (Phi) is 5.38. The fraction of sp³-hybridized carbons (Fsp3) is 0.474. The molecule has 0 radical (unpaired) electrons. The fourth-order valence-electron chi connectivity index (χ4n) is 3.63. The lowest BCUT2D eigenvalue weighted by Crippen LogP contribution is -2.28. The number of nitrogens with two attached hydrogens (primary N) is 2. The van der Waals surface area contributed by atoms with Gasteiger partial charge in [-0.25, -0.2) is 0 Å². The Morgan fingerprint density at radius 2 is 2.00 bits per heavy atom. The molecular formula is C19H27N5O. The maximum atomic E-state index is 11.1. The van der Waals surface area contributed by atoms with Crippen molar-refractivity contribution in [3.05, 3.63) is 41.8 Å². The summed E-state index contributed by atoms with van der Waals surface area (Å²) in [4.78, 5) is 19.8. The molecule has 1 saturated heterocycles. The lowest BCUT2D eigenvalue weighted by Gasteiger charge is -2.20. The molecule has 6 heteroatoms. The Labute approximate surface area is 149 Å². The number of primary amides is 1. The molecule has 0 aromatic heterocycles. The molecule has 2 aliphatic heterocycles. The number of carbonyl (C=O) groups is 1. The van der Waals surface area contributed by atoms with Crippen LogP contribution >= 0.6 is 0 Å². The van der Waals surface area contributed by atoms with Crippen LogP contribution in [0.5, 0.6) is 0 Å². The topological polar surface area (TPSA) is 87.9 Å². The number of fused-ring (bicyclic) bond motifs is 1. The predicted molar refractivity (Wildman–Crippen MR) is 101 cm³/mol. The first-order valence-electron chi connectivity index (χ1n) is 8.95. The van der Waals surface area contributed by atoms with Gasteiger partial charge in [-0.1, -0.05) is 18.2 Å². The van der Waals surface area contributed by atoms with Gasteiger partial charge in [0.15, 0.2) is 0 Å². The van der Waals surface area contributed by atoms with E-state index >= 15 is 0 Å². The van der Waals surface area contributed by atoms with E-state index in [1.54, 1.807) is 6.92 Å². The van der Waals surface area contributed by atoms with E-state index in [1.165, 1.54) is 37.7 Å². The smallest absolute Gasteiger partial charge is 0.262 e. The van der Waals surface area contributed by atoms with Gasteiger partial charge in [0.05, 0.1) is 6.20 Å². The lowest BCUT2D eigenvalue weighted by molar-refractivity contribution is -0.112. The second-order valence-electron chi connectivity index (χ2n) is 6.84. The molecule has 1 fully saturated rings. The summed E-state index contributed by atoms with van der Waals surface area (Å²) in [6.45, 7) is 6.02. The van der Waals surface area contributed by atoms with Crippen molar-refractivity contribution in [2.45, 2.75) is 32.1 Å². The van der Waals surface area contributed by atoms with Gasteiger partial charge in [-0.2, -0.15) is 0 Å². The van der Waals surface area contributed by atoms with Gasteiger partial charge >= 0.3 is 0 Å². The molecule has 6 nitrogen and oxygen atoms in total. The van der Waals surface area contributed by atoms with Crippen LogP contribution in [0, 0.1) is 0 Å². The summed E-state index contributed by atoms with van der Waals surface area (Å²) >= 11 is 0. The quantitative estimate of drug-likeness (QED) is 0.772. The summed E-state index contributed by atoms with van der Waals surface area (Å²) < 4.78 is 0. The number of likely N-dealkylation sites (tertiary alicyclic amines) is 1. The van der Waals surface area contributed by atoms with Crippen molar-refractivity contribution in [1.29, 1.82) is 0 Å². The number of para-hydroxylation sites is 1. The Balaban J connectivity index is 1.74. The summed E-state index contributed by atoms with van der Waals surface area (Å²) in [6, 6.07) is 8.39. The minimum Gasteiger partial charge on any atom is -0.384 e. The molecule has 3 rings (SSSR count). The molecule has 0 bridgehead atoms. The molecule has 1 amide bonds. The maximum Gasteiger partial charge on any atom is 0.262 e. The van der Waals surface area contributed by atoms with E-state index < -0.39 is 5.91 Å². The number of nitrogens with zero attached hydrogens (tertiary/aromatic N) is 3. The zero-order valence-electron chi connectivity index (χ0n) is 14.8. The zero-order valence-corrected chi connectivity index (χ0v) is 14.8. The number of aliphatic imine (C=N–C) groups is 1. The van der Waals surface area contributed by atoms with Crippen molar-refractivity contribution >= 4 is 17.3 Å². The number of hydrogen-bond donors (Lipinski definition) is 2. The fourth-order valence-corrected chi connectivity index (χ4v) is 3.63. The molecule has 0 aliphatic carbocycles. The molecule has 1 aromatic carbocycles. The Morgan fingerprint density at radius 3 is 2.72 bits per heavy atom. The van der Waals surface area contributed by atoms with Crippen LogP contribution in [0.4, 0.5) is 5.69 Å². The second kappa shape index (κ2) is 7.70. The van der Waals surface area contributed by atoms with Crippen LogP contribution in [0.3, 0.4) is 0 Å². The highest BCUT2D eigenvalue weighted by molar-refractivity contribution is 6.37. The van der Waals surface area contributed by atoms with E-state index in [-0.39, 0.29) is 5.71 Å². The van der Waals surface area contributed by atoms with Crippen LogP contribution in [-0.2, 0) is 4.79 Å². The molecular weight excluding hydrogens is 314 g/mol. The van der Waals surface area contributed by atoms with E-state index in [0.717, 1.165) is 25.2 Å². The third kappa shape index (κ3) is 4.02. The van der Waals surface area contributed by atoms with Gasteiger partial charge in [0.1, 0.15) is 11.5 Å². The van der Waals surface area contributed by atoms with Crippen LogP contribution in [0.1, 0.15) is 37.7 Å². The summed E-state index contributed by atoms with van der Waals surface area (Å²) in [5.41, 5.74) is 14.2. The van der Waals surface area contributed by atoms with Crippen LogP contribution in [-0.4, -0.2) is 42.7 Å². The Hall–Kier alpha value is -2.34. The van der Waals surface area contributed by atoms with Crippen LogP contribution < -0.4 is 16.4 Å². The van der Waals surface area contributed by atoms with Crippen molar-refractivity contribution in [3.63, 3.8) is 0 Å². The standard InChI is InChI=1S/C19H27N5O/c1-14(19(21)25)22-12-18(20)24-13-15(8-11-23-9-4-5-10-23)16-6-2-3-7-17(16)24/h2-3,6-7,12,15H,4-5,8-11,13,20H2,1H3,(H2,21,25)/b18-12-,22-14+. The lowest BCUT2D eigenvalue weighted by atomic mass is 9.98. The van der Waals surface area contributed by atoms with Gasteiger partial charge in [-0.3, -0.25) is 9.79 Å². The maximum absolute atomic E-state index is 11.1. The van der Waals surface area contributed by atoms with Crippen molar-refractivity contribution in [2.24, 2.45) is 16.5 Å². The average molecular weight is 341 g/mol. The molecule has 0 spiro atoms. The predicted octanol–water partition coefficient (Wildman–Crippen LogP) is 1.78. The van der Waals surface area contributed by atoms with E-state index in [9.17, 15) is 4.79 Å². The highest BCUT2D eigenvalue weighted by Crippen LogP contribution is 2.39. The molecule has 0 saturated carbocycles. The normalized spacial score (nSPS) is 21.6. The van der Waals surface area contributed by atoms with Crippen LogP contribution in [0.15, 0.2) is 41.3 Å². The van der Waals surface area contributed by atoms with Crippen molar-refractivity contribution in [3.8, 4) is 0 Å². The SMILES string of the molecule is C/C(=N\C=C(\N)N1CC(CCN2CCCC2)c2ccccc21)C(N)=O. The van der Waals surface area contributed by atoms with E-state index in [2.05, 4.69) is 33.0 Å². The summed E-state index contributed by atoms with van der Waals surface area (Å²) in [5, 5.41) is 0. The van der Waals surface area contributed by atoms with Gasteiger partial charge < -0.3 is 21.3 Å². The monoisotopic (exact) mass is 341 g/mol. The number of benzene rings is 1. The van der Waals surface area contributed by atoms with Crippen molar-refractivity contribution < 1.29 is 4.79 Å². The molecule has 1 unspecified atom stereocenters. The minimum absolute atomic E-state index is 0.251. The molecule has 134 valence electrons. The minimum atomic E-state index is -0.533. The molecule has 4 N–H and O–H groups in total. The van der Waals surface area contributed by atoms with E-state index in [4.69, 9.17) is 11.5 Å². The van der Waals surface area contributed by atoms with Crippen molar-refractivity contribution in [2.75, 3.05) is 31.1 Å². The first-order chi connectivity index (χ1) is 12.1. The van der Waals surface area contributed by atoms with Gasteiger partial charge in [-0.05, 0) is 57.5 Å². The second-order valence-corrected chi connectivity index (χ2v) is 6.84. The van der Waals surface area contributed by atoms with Crippen LogP contribution in [0.2, 0.25) is 0 Å². The Morgan fingerprint density at radius 1 is 1.28 bits per heavy atom.